The average Bonchev–Trinajstić information content (AvgIpc) is 2.77. The van der Waals surface area contributed by atoms with Crippen LogP contribution in [-0.4, -0.2) is 29.9 Å². The monoisotopic (exact) mass is 438 g/mol. The first kappa shape index (κ1) is 20.9. The standard InChI is InChI=1S/C24H20ClFN2O3/c25-17-6-4-16(5-7-17)14-28-13-12-20-21(24(28)30)2-1-3-22(20)31-15-23(29)27-19-10-8-18(26)9-11-19/h1-11H,12-15H2,(H,27,29). The minimum Gasteiger partial charge on any atom is -0.483 e. The fourth-order valence-corrected chi connectivity index (χ4v) is 3.64. The lowest BCUT2D eigenvalue weighted by atomic mass is 9.97. The van der Waals surface area contributed by atoms with Gasteiger partial charge in [-0.25, -0.2) is 4.39 Å². The maximum atomic E-state index is 13.0. The number of fused-ring (bicyclic) bond motifs is 1. The average molecular weight is 439 g/mol. The molecule has 1 aliphatic heterocycles. The van der Waals surface area contributed by atoms with E-state index in [9.17, 15) is 14.0 Å². The third kappa shape index (κ3) is 5.03. The third-order valence-corrected chi connectivity index (χ3v) is 5.31. The maximum Gasteiger partial charge on any atom is 0.262 e. The molecular weight excluding hydrogens is 419 g/mol. The van der Waals surface area contributed by atoms with Crippen molar-refractivity contribution >= 4 is 29.1 Å². The van der Waals surface area contributed by atoms with Gasteiger partial charge in [0.2, 0.25) is 0 Å². The van der Waals surface area contributed by atoms with E-state index in [1.807, 2.05) is 24.3 Å². The van der Waals surface area contributed by atoms with Crippen LogP contribution in [0.1, 0.15) is 21.5 Å². The van der Waals surface area contributed by atoms with E-state index in [1.165, 1.54) is 24.3 Å². The number of rotatable bonds is 6. The number of nitrogens with one attached hydrogen (secondary N) is 1. The summed E-state index contributed by atoms with van der Waals surface area (Å²) in [6.07, 6.45) is 0.629. The summed E-state index contributed by atoms with van der Waals surface area (Å²) in [6, 6.07) is 18.2. The molecule has 0 aliphatic carbocycles. The largest absolute Gasteiger partial charge is 0.483 e. The van der Waals surface area contributed by atoms with Crippen molar-refractivity contribution < 1.29 is 18.7 Å². The van der Waals surface area contributed by atoms with Gasteiger partial charge in [-0.3, -0.25) is 9.59 Å². The Labute approximate surface area is 184 Å². The first-order valence-corrected chi connectivity index (χ1v) is 10.2. The number of carbonyl (C=O) groups is 2. The van der Waals surface area contributed by atoms with E-state index in [1.54, 1.807) is 23.1 Å². The van der Waals surface area contributed by atoms with Crippen molar-refractivity contribution in [2.45, 2.75) is 13.0 Å². The molecule has 0 spiro atoms. The van der Waals surface area contributed by atoms with E-state index in [4.69, 9.17) is 16.3 Å². The first-order valence-electron chi connectivity index (χ1n) is 9.83. The van der Waals surface area contributed by atoms with Crippen LogP contribution in [0.5, 0.6) is 5.75 Å². The predicted molar refractivity (Wildman–Crippen MR) is 117 cm³/mol. The molecule has 2 amide bonds. The molecule has 0 saturated heterocycles. The molecule has 4 rings (SSSR count). The van der Waals surface area contributed by atoms with Crippen LogP contribution in [-0.2, 0) is 17.8 Å². The number of benzene rings is 3. The van der Waals surface area contributed by atoms with Crippen LogP contribution in [0, 0.1) is 5.82 Å². The van der Waals surface area contributed by atoms with E-state index < -0.39 is 0 Å². The second kappa shape index (κ2) is 9.18. The quantitative estimate of drug-likeness (QED) is 0.607. The van der Waals surface area contributed by atoms with E-state index in [2.05, 4.69) is 5.32 Å². The van der Waals surface area contributed by atoms with Gasteiger partial charge in [0.1, 0.15) is 11.6 Å². The van der Waals surface area contributed by atoms with Gasteiger partial charge in [-0.15, -0.1) is 0 Å². The number of halogens is 2. The van der Waals surface area contributed by atoms with Crippen molar-refractivity contribution in [3.8, 4) is 5.75 Å². The Kier molecular flexibility index (Phi) is 6.18. The first-order chi connectivity index (χ1) is 15.0. The van der Waals surface area contributed by atoms with Crippen LogP contribution in [0.15, 0.2) is 66.7 Å². The summed E-state index contributed by atoms with van der Waals surface area (Å²) in [7, 11) is 0. The van der Waals surface area contributed by atoms with Crippen molar-refractivity contribution in [1.82, 2.24) is 4.90 Å². The number of nitrogens with zero attached hydrogens (tertiary/aromatic N) is 1. The Hall–Kier alpha value is -3.38. The molecule has 0 saturated carbocycles. The normalized spacial score (nSPS) is 13.0. The van der Waals surface area contributed by atoms with Crippen molar-refractivity contribution in [2.75, 3.05) is 18.5 Å². The molecule has 0 bridgehead atoms. The lowest BCUT2D eigenvalue weighted by Crippen LogP contribution is -2.37. The summed E-state index contributed by atoms with van der Waals surface area (Å²) in [5, 5.41) is 3.31. The highest BCUT2D eigenvalue weighted by molar-refractivity contribution is 6.30. The summed E-state index contributed by atoms with van der Waals surface area (Å²) >= 11 is 5.93. The lowest BCUT2D eigenvalue weighted by Gasteiger charge is -2.29. The van der Waals surface area contributed by atoms with Gasteiger partial charge in [-0.2, -0.15) is 0 Å². The van der Waals surface area contributed by atoms with Gasteiger partial charge in [-0.1, -0.05) is 29.8 Å². The molecule has 3 aromatic rings. The fraction of sp³-hybridized carbons (Fsp3) is 0.167. The number of ether oxygens (including phenoxy) is 1. The molecule has 0 aromatic heterocycles. The highest BCUT2D eigenvalue weighted by Crippen LogP contribution is 2.29. The van der Waals surface area contributed by atoms with E-state index in [-0.39, 0.29) is 24.2 Å². The Morgan fingerprint density at radius 1 is 1.06 bits per heavy atom. The van der Waals surface area contributed by atoms with Crippen LogP contribution in [0.4, 0.5) is 10.1 Å². The third-order valence-electron chi connectivity index (χ3n) is 5.06. The van der Waals surface area contributed by atoms with Gasteiger partial charge < -0.3 is 15.0 Å². The van der Waals surface area contributed by atoms with Crippen molar-refractivity contribution in [1.29, 1.82) is 0 Å². The smallest absolute Gasteiger partial charge is 0.262 e. The van der Waals surface area contributed by atoms with Crippen LogP contribution in [0.25, 0.3) is 0 Å². The molecule has 1 aliphatic rings. The van der Waals surface area contributed by atoms with Gasteiger partial charge in [0.25, 0.3) is 11.8 Å². The number of hydrogen-bond acceptors (Lipinski definition) is 3. The van der Waals surface area contributed by atoms with Crippen molar-refractivity contribution in [3.05, 3.63) is 94.3 Å². The van der Waals surface area contributed by atoms with Crippen molar-refractivity contribution in [3.63, 3.8) is 0 Å². The summed E-state index contributed by atoms with van der Waals surface area (Å²) in [5.41, 5.74) is 2.87. The van der Waals surface area contributed by atoms with Gasteiger partial charge in [-0.05, 0) is 60.5 Å². The molecule has 5 nitrogen and oxygen atoms in total. The molecule has 0 radical (unpaired) electrons. The van der Waals surface area contributed by atoms with Gasteiger partial charge in [0, 0.05) is 34.9 Å². The molecule has 3 aromatic carbocycles. The zero-order chi connectivity index (χ0) is 21.8. The molecular formula is C24H20ClFN2O3. The Bertz CT molecular complexity index is 1100. The second-order valence-corrected chi connectivity index (χ2v) is 7.67. The topological polar surface area (TPSA) is 58.6 Å². The van der Waals surface area contributed by atoms with Crippen LogP contribution in [0.3, 0.4) is 0 Å². The Morgan fingerprint density at radius 3 is 2.55 bits per heavy atom. The minimum atomic E-state index is -0.375. The van der Waals surface area contributed by atoms with Crippen LogP contribution >= 0.6 is 11.6 Å². The van der Waals surface area contributed by atoms with Gasteiger partial charge in [0.15, 0.2) is 6.61 Å². The second-order valence-electron chi connectivity index (χ2n) is 7.23. The number of amides is 2. The molecule has 0 fully saturated rings. The SMILES string of the molecule is O=C(COc1cccc2c1CCN(Cc1ccc(Cl)cc1)C2=O)Nc1ccc(F)cc1. The molecule has 158 valence electrons. The zero-order valence-corrected chi connectivity index (χ0v) is 17.4. The van der Waals surface area contributed by atoms with Crippen LogP contribution < -0.4 is 10.1 Å². The number of anilines is 1. The summed E-state index contributed by atoms with van der Waals surface area (Å²) in [5.74, 6) is -0.292. The minimum absolute atomic E-state index is 0.0718. The molecule has 31 heavy (non-hydrogen) atoms. The van der Waals surface area contributed by atoms with Gasteiger partial charge in [0.05, 0.1) is 0 Å². The zero-order valence-electron chi connectivity index (χ0n) is 16.6. The summed E-state index contributed by atoms with van der Waals surface area (Å²) < 4.78 is 18.7. The number of hydrogen-bond donors (Lipinski definition) is 1. The van der Waals surface area contributed by atoms with Crippen LogP contribution in [0.2, 0.25) is 5.02 Å². The fourth-order valence-electron chi connectivity index (χ4n) is 3.51. The maximum absolute atomic E-state index is 13.0. The highest BCUT2D eigenvalue weighted by Gasteiger charge is 2.26. The molecule has 0 unspecified atom stereocenters. The van der Waals surface area contributed by atoms with E-state index in [0.29, 0.717) is 41.5 Å². The van der Waals surface area contributed by atoms with E-state index in [0.717, 1.165) is 11.1 Å². The molecule has 7 heteroatoms. The van der Waals surface area contributed by atoms with E-state index >= 15 is 0 Å². The molecule has 0 atom stereocenters. The van der Waals surface area contributed by atoms with Crippen molar-refractivity contribution in [2.24, 2.45) is 0 Å². The van der Waals surface area contributed by atoms with Gasteiger partial charge >= 0.3 is 0 Å². The molecule has 1 N–H and O–H groups in total. The number of carbonyl (C=O) groups excluding carboxylic acids is 2. The Balaban J connectivity index is 1.41. The predicted octanol–water partition coefficient (Wildman–Crippen LogP) is 4.70. The molecule has 1 heterocycles. The Morgan fingerprint density at radius 2 is 1.81 bits per heavy atom. The highest BCUT2D eigenvalue weighted by atomic mass is 35.5. The lowest BCUT2D eigenvalue weighted by molar-refractivity contribution is -0.118. The summed E-state index contributed by atoms with van der Waals surface area (Å²) in [6.45, 7) is 0.841. The summed E-state index contributed by atoms with van der Waals surface area (Å²) in [4.78, 5) is 26.9.